The van der Waals surface area contributed by atoms with Crippen LogP contribution in [-0.2, 0) is 36.8 Å². The van der Waals surface area contributed by atoms with Crippen molar-refractivity contribution in [1.29, 1.82) is 0 Å². The van der Waals surface area contributed by atoms with E-state index >= 15 is 0 Å². The van der Waals surface area contributed by atoms with Crippen LogP contribution in [0.15, 0.2) is 38.8 Å². The lowest BCUT2D eigenvalue weighted by Crippen LogP contribution is -2.49. The van der Waals surface area contributed by atoms with Gasteiger partial charge >= 0.3 is 11.9 Å². The molecule has 1 aromatic carbocycles. The van der Waals surface area contributed by atoms with Crippen LogP contribution >= 0.6 is 11.6 Å². The third-order valence-electron chi connectivity index (χ3n) is 5.22. The van der Waals surface area contributed by atoms with Crippen molar-refractivity contribution >= 4 is 21.6 Å². The minimum absolute atomic E-state index is 0.0467. The van der Waals surface area contributed by atoms with Crippen LogP contribution in [0.25, 0.3) is 0 Å². The van der Waals surface area contributed by atoms with Gasteiger partial charge in [-0.15, -0.1) is 0 Å². The summed E-state index contributed by atoms with van der Waals surface area (Å²) in [5, 5.41) is -0.573. The third kappa shape index (κ3) is 4.71. The predicted octanol–water partition coefficient (Wildman–Crippen LogP) is 1.26. The highest BCUT2D eigenvalue weighted by atomic mass is 35.5. The van der Waals surface area contributed by atoms with Gasteiger partial charge in [0, 0.05) is 58.6 Å². The average Bonchev–Trinajstić information content (AvgIpc) is 2.70. The first-order valence-corrected chi connectivity index (χ1v) is 11.0. The Morgan fingerprint density at radius 2 is 1.61 bits per heavy atom. The number of rotatable bonds is 4. The molecule has 31 heavy (non-hydrogen) atoms. The second kappa shape index (κ2) is 8.41. The summed E-state index contributed by atoms with van der Waals surface area (Å²) in [5.74, 6) is 0. The SMILES string of the molecule is Cn1c(CN2CCN(S(=O)(=O)c3ccc(Cl)c(C(F)(F)F)c3)CC2)cc(=O)n(C)c1=O. The van der Waals surface area contributed by atoms with Crippen LogP contribution in [0, 0.1) is 0 Å². The Bertz CT molecular complexity index is 1220. The molecule has 0 bridgehead atoms. The number of benzene rings is 1. The van der Waals surface area contributed by atoms with Gasteiger partial charge in [-0.05, 0) is 18.2 Å². The predicted molar refractivity (Wildman–Crippen MR) is 107 cm³/mol. The molecule has 0 atom stereocenters. The van der Waals surface area contributed by atoms with Crippen molar-refractivity contribution in [2.75, 3.05) is 26.2 Å². The maximum Gasteiger partial charge on any atom is 0.417 e. The fourth-order valence-electron chi connectivity index (χ4n) is 3.32. The lowest BCUT2D eigenvalue weighted by Gasteiger charge is -2.34. The number of alkyl halides is 3. The summed E-state index contributed by atoms with van der Waals surface area (Å²) in [7, 11) is -1.23. The van der Waals surface area contributed by atoms with Gasteiger partial charge in [0.15, 0.2) is 0 Å². The van der Waals surface area contributed by atoms with E-state index in [9.17, 15) is 31.2 Å². The standard InChI is InChI=1S/C18H20ClF3N4O4S/c1-23-12(9-16(27)24(2)17(23)28)11-25-5-7-26(8-6-25)31(29,30)13-3-4-15(19)14(10-13)18(20,21)22/h3-4,9-10H,5-8,11H2,1-2H3. The Hall–Kier alpha value is -2.15. The minimum Gasteiger partial charge on any atom is -0.299 e. The summed E-state index contributed by atoms with van der Waals surface area (Å²) in [6.07, 6.45) is -4.77. The molecule has 1 aliphatic rings. The number of nitrogens with zero attached hydrogens (tertiary/aromatic N) is 4. The zero-order chi connectivity index (χ0) is 23.1. The second-order valence-corrected chi connectivity index (χ2v) is 9.54. The van der Waals surface area contributed by atoms with E-state index in [1.54, 1.807) is 0 Å². The van der Waals surface area contributed by atoms with Gasteiger partial charge < -0.3 is 0 Å². The highest BCUT2D eigenvalue weighted by molar-refractivity contribution is 7.89. The number of sulfonamides is 1. The second-order valence-electron chi connectivity index (χ2n) is 7.19. The molecule has 1 fully saturated rings. The molecule has 1 aliphatic heterocycles. The molecule has 0 saturated carbocycles. The first-order valence-electron chi connectivity index (χ1n) is 9.17. The fourth-order valence-corrected chi connectivity index (χ4v) is 4.99. The third-order valence-corrected chi connectivity index (χ3v) is 7.45. The Balaban J connectivity index is 1.75. The van der Waals surface area contributed by atoms with E-state index in [0.717, 1.165) is 21.0 Å². The van der Waals surface area contributed by atoms with Crippen LogP contribution in [0.4, 0.5) is 13.2 Å². The van der Waals surface area contributed by atoms with Crippen LogP contribution in [0.1, 0.15) is 11.3 Å². The zero-order valence-corrected chi connectivity index (χ0v) is 18.3. The molecule has 170 valence electrons. The first kappa shape index (κ1) is 23.5. The largest absolute Gasteiger partial charge is 0.417 e. The van der Waals surface area contributed by atoms with Gasteiger partial charge in [0.1, 0.15) is 0 Å². The highest BCUT2D eigenvalue weighted by Gasteiger charge is 2.36. The van der Waals surface area contributed by atoms with Gasteiger partial charge in [-0.3, -0.25) is 18.8 Å². The topological polar surface area (TPSA) is 84.6 Å². The van der Waals surface area contributed by atoms with E-state index in [-0.39, 0.29) is 32.7 Å². The van der Waals surface area contributed by atoms with Gasteiger partial charge in [0.05, 0.1) is 15.5 Å². The molecule has 1 saturated heterocycles. The molecular weight excluding hydrogens is 461 g/mol. The van der Waals surface area contributed by atoms with Crippen molar-refractivity contribution in [1.82, 2.24) is 18.3 Å². The summed E-state index contributed by atoms with van der Waals surface area (Å²) in [6, 6.07) is 3.86. The Morgan fingerprint density at radius 3 is 2.19 bits per heavy atom. The maximum absolute atomic E-state index is 13.1. The van der Waals surface area contributed by atoms with Crippen LogP contribution in [0.3, 0.4) is 0 Å². The summed E-state index contributed by atoms with van der Waals surface area (Å²) < 4.78 is 68.3. The number of aromatic nitrogens is 2. The first-order chi connectivity index (χ1) is 14.3. The molecule has 13 heteroatoms. The Morgan fingerprint density at radius 1 is 1.00 bits per heavy atom. The number of halogens is 4. The van der Waals surface area contributed by atoms with E-state index in [0.29, 0.717) is 11.8 Å². The molecular formula is C18H20ClF3N4O4S. The smallest absolute Gasteiger partial charge is 0.299 e. The molecule has 3 rings (SSSR count). The highest BCUT2D eigenvalue weighted by Crippen LogP contribution is 2.36. The van der Waals surface area contributed by atoms with Crippen molar-refractivity contribution in [3.63, 3.8) is 0 Å². The van der Waals surface area contributed by atoms with E-state index in [1.807, 2.05) is 4.90 Å². The zero-order valence-electron chi connectivity index (χ0n) is 16.7. The molecule has 0 aliphatic carbocycles. The van der Waals surface area contributed by atoms with Crippen LogP contribution < -0.4 is 11.2 Å². The van der Waals surface area contributed by atoms with Gasteiger partial charge in [0.25, 0.3) is 5.56 Å². The summed E-state index contributed by atoms with van der Waals surface area (Å²) in [6.45, 7) is 0.912. The monoisotopic (exact) mass is 480 g/mol. The van der Waals surface area contributed by atoms with E-state index in [2.05, 4.69) is 0 Å². The molecule has 2 heterocycles. The van der Waals surface area contributed by atoms with Crippen LogP contribution in [0.5, 0.6) is 0 Å². The molecule has 2 aromatic rings. The molecule has 0 amide bonds. The number of hydrogen-bond acceptors (Lipinski definition) is 5. The normalized spacial score (nSPS) is 16.6. The molecule has 0 unspecified atom stereocenters. The lowest BCUT2D eigenvalue weighted by molar-refractivity contribution is -0.137. The van der Waals surface area contributed by atoms with E-state index < -0.39 is 42.9 Å². The molecule has 0 N–H and O–H groups in total. The van der Waals surface area contributed by atoms with Gasteiger partial charge in [-0.1, -0.05) is 11.6 Å². The summed E-state index contributed by atoms with van der Waals surface area (Å²) >= 11 is 5.57. The van der Waals surface area contributed by atoms with Crippen LogP contribution in [-0.4, -0.2) is 52.9 Å². The van der Waals surface area contributed by atoms with Crippen molar-refractivity contribution in [2.24, 2.45) is 14.1 Å². The van der Waals surface area contributed by atoms with Crippen molar-refractivity contribution in [3.8, 4) is 0 Å². The number of hydrogen-bond donors (Lipinski definition) is 0. The molecule has 8 nitrogen and oxygen atoms in total. The van der Waals surface area contributed by atoms with Crippen LogP contribution in [0.2, 0.25) is 5.02 Å². The summed E-state index contributed by atoms with van der Waals surface area (Å²) in [4.78, 5) is 25.3. The maximum atomic E-state index is 13.1. The van der Waals surface area contributed by atoms with Crippen molar-refractivity contribution in [3.05, 3.63) is 61.4 Å². The Labute approximate surface area is 181 Å². The summed E-state index contributed by atoms with van der Waals surface area (Å²) in [5.41, 5.74) is -1.63. The molecule has 1 aromatic heterocycles. The Kier molecular flexibility index (Phi) is 6.38. The van der Waals surface area contributed by atoms with Crippen molar-refractivity contribution < 1.29 is 21.6 Å². The fraction of sp³-hybridized carbons (Fsp3) is 0.444. The van der Waals surface area contributed by atoms with E-state index in [4.69, 9.17) is 11.6 Å². The molecule has 0 radical (unpaired) electrons. The lowest BCUT2D eigenvalue weighted by atomic mass is 10.2. The van der Waals surface area contributed by atoms with Crippen molar-refractivity contribution in [2.45, 2.75) is 17.6 Å². The van der Waals surface area contributed by atoms with E-state index in [1.165, 1.54) is 24.7 Å². The average molecular weight is 481 g/mol. The quantitative estimate of drug-likeness (QED) is 0.658. The minimum atomic E-state index is -4.77. The van der Waals surface area contributed by atoms with Gasteiger partial charge in [0.2, 0.25) is 10.0 Å². The molecule has 0 spiro atoms. The van der Waals surface area contributed by atoms with Gasteiger partial charge in [-0.25, -0.2) is 13.2 Å². The van der Waals surface area contributed by atoms with Gasteiger partial charge in [-0.2, -0.15) is 17.5 Å². The number of piperazine rings is 1.